The largest absolute Gasteiger partial charge is 0.274 e. The molecule has 4 atom stereocenters. The first-order valence-electron chi connectivity index (χ1n) is 17.3. The maximum Gasteiger partial charge on any atom is 0.254 e. The topological polar surface area (TPSA) is 87.1 Å². The molecule has 0 aromatic heterocycles. The lowest BCUT2D eigenvalue weighted by atomic mass is 9.47. The monoisotopic (exact) mass is 729 g/mol. The lowest BCUT2D eigenvalue weighted by Crippen LogP contribution is -2.55. The molecule has 0 spiro atoms. The number of hydrogen-bond acceptors (Lipinski definition) is 5. The van der Waals surface area contributed by atoms with E-state index in [1.165, 1.54) is 4.90 Å². The minimum absolute atomic E-state index is 0.258. The van der Waals surface area contributed by atoms with Crippen LogP contribution in [0.1, 0.15) is 62.3 Å². The SMILES string of the molecule is O=C1[C@@H]2C3c4ccccc4C(c4ccccc43)[C@@H]2C(=O)N1/N=C\C12c3ccccc3C(c3ccccc31)[C@@H]1C(=O)N(c3ccc(Br)cc3)C(=O)[C@H]12. The molecule has 4 amide bonds. The molecule has 0 radical (unpaired) electrons. The molecule has 5 aromatic rings. The van der Waals surface area contributed by atoms with Gasteiger partial charge in [-0.3, -0.25) is 19.2 Å². The van der Waals surface area contributed by atoms with E-state index in [0.29, 0.717) is 5.69 Å². The molecule has 6 aliphatic carbocycles. The highest BCUT2D eigenvalue weighted by Gasteiger charge is 2.68. The first-order valence-corrected chi connectivity index (χ1v) is 18.1. The van der Waals surface area contributed by atoms with Gasteiger partial charge in [0.05, 0.1) is 34.8 Å². The molecule has 8 heteroatoms. The summed E-state index contributed by atoms with van der Waals surface area (Å²) in [6.07, 6.45) is 1.66. The fraction of sp³-hybridized carbons (Fsp3) is 0.186. The molecule has 2 heterocycles. The first-order chi connectivity index (χ1) is 24.9. The summed E-state index contributed by atoms with van der Waals surface area (Å²) in [4.78, 5) is 59.9. The fourth-order valence-corrected chi connectivity index (χ4v) is 11.1. The second kappa shape index (κ2) is 10.1. The highest BCUT2D eigenvalue weighted by molar-refractivity contribution is 9.10. The minimum Gasteiger partial charge on any atom is -0.274 e. The highest BCUT2D eigenvalue weighted by atomic mass is 79.9. The number of carbonyl (C=O) groups excluding carboxylic acids is 4. The van der Waals surface area contributed by atoms with E-state index in [0.717, 1.165) is 54.0 Å². The predicted octanol–water partition coefficient (Wildman–Crippen LogP) is 6.88. The summed E-state index contributed by atoms with van der Waals surface area (Å²) in [5, 5.41) is 5.95. The number of rotatable bonds is 3. The maximum atomic E-state index is 14.8. The quantitative estimate of drug-likeness (QED) is 0.150. The van der Waals surface area contributed by atoms with Crippen LogP contribution in [0.2, 0.25) is 0 Å². The summed E-state index contributed by atoms with van der Waals surface area (Å²) in [5.74, 6) is -4.77. The van der Waals surface area contributed by atoms with Crippen LogP contribution in [0.4, 0.5) is 5.69 Å². The predicted molar refractivity (Wildman–Crippen MR) is 193 cm³/mol. The van der Waals surface area contributed by atoms with E-state index >= 15 is 0 Å². The Bertz CT molecular complexity index is 2290. The van der Waals surface area contributed by atoms with Gasteiger partial charge in [0.25, 0.3) is 11.8 Å². The van der Waals surface area contributed by atoms with Crippen LogP contribution in [0.3, 0.4) is 0 Å². The minimum atomic E-state index is -1.21. The Balaban J connectivity index is 1.09. The molecule has 0 unspecified atom stereocenters. The third-order valence-electron chi connectivity index (χ3n) is 12.6. The Morgan fingerprint density at radius 3 is 1.43 bits per heavy atom. The van der Waals surface area contributed by atoms with E-state index in [2.05, 4.69) is 40.2 Å². The molecule has 2 saturated heterocycles. The van der Waals surface area contributed by atoms with E-state index in [9.17, 15) is 19.2 Å². The second-order valence-electron chi connectivity index (χ2n) is 14.5. The average Bonchev–Trinajstić information content (AvgIpc) is 3.59. The van der Waals surface area contributed by atoms with Crippen molar-refractivity contribution in [2.45, 2.75) is 23.2 Å². The Morgan fingerprint density at radius 2 is 0.941 bits per heavy atom. The van der Waals surface area contributed by atoms with Crippen molar-refractivity contribution in [3.63, 3.8) is 0 Å². The van der Waals surface area contributed by atoms with Gasteiger partial charge in [-0.2, -0.15) is 10.1 Å². The van der Waals surface area contributed by atoms with Gasteiger partial charge in [0, 0.05) is 28.4 Å². The number of imide groups is 2. The summed E-state index contributed by atoms with van der Waals surface area (Å²) >= 11 is 3.47. The van der Waals surface area contributed by atoms with E-state index in [1.807, 2.05) is 84.9 Å². The van der Waals surface area contributed by atoms with Crippen molar-refractivity contribution in [1.82, 2.24) is 5.01 Å². The molecular weight excluding hydrogens is 702 g/mol. The third kappa shape index (κ3) is 3.46. The van der Waals surface area contributed by atoms with Crippen LogP contribution in [0.25, 0.3) is 0 Å². The Labute approximate surface area is 301 Å². The molecule has 8 aliphatic rings. The number of hydrazone groups is 1. The zero-order chi connectivity index (χ0) is 34.3. The molecular formula is C43H28BrN3O4. The molecule has 0 N–H and O–H groups in total. The molecule has 2 fully saturated rings. The van der Waals surface area contributed by atoms with Crippen molar-refractivity contribution in [1.29, 1.82) is 0 Å². The summed E-state index contributed by atoms with van der Waals surface area (Å²) < 4.78 is 0.839. The van der Waals surface area contributed by atoms with Crippen LogP contribution in [0.15, 0.2) is 131 Å². The van der Waals surface area contributed by atoms with Gasteiger partial charge in [-0.1, -0.05) is 113 Å². The number of halogens is 1. The Kier molecular flexibility index (Phi) is 5.78. The highest BCUT2D eigenvalue weighted by Crippen LogP contribution is 2.65. The van der Waals surface area contributed by atoms with Crippen LogP contribution >= 0.6 is 15.9 Å². The van der Waals surface area contributed by atoms with Gasteiger partial charge in [-0.15, -0.1) is 0 Å². The lowest BCUT2D eigenvalue weighted by Gasteiger charge is -2.52. The number of benzene rings is 5. The van der Waals surface area contributed by atoms with Crippen molar-refractivity contribution in [3.05, 3.63) is 170 Å². The van der Waals surface area contributed by atoms with Gasteiger partial charge in [0.15, 0.2) is 0 Å². The summed E-state index contributed by atoms with van der Waals surface area (Å²) in [6.45, 7) is 0. The summed E-state index contributed by atoms with van der Waals surface area (Å²) in [6, 6.07) is 39.3. The van der Waals surface area contributed by atoms with Crippen LogP contribution in [-0.4, -0.2) is 34.9 Å². The number of anilines is 1. The lowest BCUT2D eigenvalue weighted by molar-refractivity contribution is -0.140. The zero-order valence-electron chi connectivity index (χ0n) is 27.0. The van der Waals surface area contributed by atoms with Gasteiger partial charge in [0.2, 0.25) is 11.8 Å². The summed E-state index contributed by atoms with van der Waals surface area (Å²) in [5.41, 5.74) is 7.31. The van der Waals surface area contributed by atoms with E-state index in [4.69, 9.17) is 5.10 Å². The average molecular weight is 731 g/mol. The van der Waals surface area contributed by atoms with Crippen LogP contribution in [0.5, 0.6) is 0 Å². The van der Waals surface area contributed by atoms with Gasteiger partial charge < -0.3 is 0 Å². The number of nitrogens with zero attached hydrogens (tertiary/aromatic N) is 3. The molecule has 0 saturated carbocycles. The second-order valence-corrected chi connectivity index (χ2v) is 15.4. The zero-order valence-corrected chi connectivity index (χ0v) is 28.6. The van der Waals surface area contributed by atoms with E-state index in [1.54, 1.807) is 18.3 Å². The van der Waals surface area contributed by atoms with Gasteiger partial charge in [0.1, 0.15) is 0 Å². The van der Waals surface area contributed by atoms with Crippen molar-refractivity contribution in [3.8, 4) is 0 Å². The molecule has 2 aliphatic heterocycles. The smallest absolute Gasteiger partial charge is 0.254 e. The maximum absolute atomic E-state index is 14.8. The number of hydrogen-bond donors (Lipinski definition) is 0. The standard InChI is InChI=1S/C43H28BrN3O4/c44-22-17-19-23(20-18-22)46-39(48)37-34-28-13-5-7-15-30(28)43(38(37)42(46)51,31-16-8-6-14-29(31)34)21-45-47-40(49)35-32-24-9-1-2-10-25(24)33(36(35)41(47)50)27-12-4-3-11-26(27)32/h1-21,32-38H/b45-21-/t32?,33?,34?,35-,36+,37-,38-,43?/m0/s1. The van der Waals surface area contributed by atoms with Gasteiger partial charge >= 0.3 is 0 Å². The Hall–Kier alpha value is -5.47. The van der Waals surface area contributed by atoms with Crippen molar-refractivity contribution >= 4 is 51.5 Å². The fourth-order valence-electron chi connectivity index (χ4n) is 10.8. The van der Waals surface area contributed by atoms with Gasteiger partial charge in [-0.25, -0.2) is 4.90 Å². The van der Waals surface area contributed by atoms with E-state index in [-0.39, 0.29) is 41.4 Å². The van der Waals surface area contributed by atoms with Crippen molar-refractivity contribution in [2.24, 2.45) is 28.8 Å². The van der Waals surface area contributed by atoms with Crippen molar-refractivity contribution in [2.75, 3.05) is 4.90 Å². The molecule has 5 aromatic carbocycles. The van der Waals surface area contributed by atoms with Crippen LogP contribution in [-0.2, 0) is 24.6 Å². The number of amides is 4. The Morgan fingerprint density at radius 1 is 0.510 bits per heavy atom. The van der Waals surface area contributed by atoms with Crippen LogP contribution < -0.4 is 4.90 Å². The third-order valence-corrected chi connectivity index (χ3v) is 13.1. The molecule has 4 bridgehead atoms. The van der Waals surface area contributed by atoms with Crippen LogP contribution in [0, 0.1) is 23.7 Å². The number of carbonyl (C=O) groups is 4. The normalized spacial score (nSPS) is 30.3. The molecule has 13 rings (SSSR count). The summed E-state index contributed by atoms with van der Waals surface area (Å²) in [7, 11) is 0. The first kappa shape index (κ1) is 29.3. The van der Waals surface area contributed by atoms with Gasteiger partial charge in [-0.05, 0) is 68.8 Å². The molecule has 246 valence electrons. The molecule has 7 nitrogen and oxygen atoms in total. The molecule has 51 heavy (non-hydrogen) atoms. The van der Waals surface area contributed by atoms with Crippen molar-refractivity contribution < 1.29 is 19.2 Å². The van der Waals surface area contributed by atoms with E-state index < -0.39 is 29.1 Å².